The fourth-order valence-electron chi connectivity index (χ4n) is 3.06. The van der Waals surface area contributed by atoms with Crippen LogP contribution in [0.4, 0.5) is 0 Å². The molecule has 2 amide bonds. The number of rotatable bonds is 10. The molecular formula is C24H31ClN2O3. The maximum absolute atomic E-state index is 13.1. The van der Waals surface area contributed by atoms with Crippen molar-refractivity contribution in [3.63, 3.8) is 0 Å². The van der Waals surface area contributed by atoms with Crippen molar-refractivity contribution in [2.75, 3.05) is 13.2 Å². The Morgan fingerprint density at radius 2 is 1.83 bits per heavy atom. The van der Waals surface area contributed by atoms with E-state index >= 15 is 0 Å². The van der Waals surface area contributed by atoms with Gasteiger partial charge in [-0.2, -0.15) is 0 Å². The predicted molar refractivity (Wildman–Crippen MR) is 121 cm³/mol. The van der Waals surface area contributed by atoms with Crippen molar-refractivity contribution >= 4 is 23.4 Å². The Morgan fingerprint density at radius 1 is 1.13 bits per heavy atom. The van der Waals surface area contributed by atoms with E-state index in [0.29, 0.717) is 36.2 Å². The van der Waals surface area contributed by atoms with Gasteiger partial charge in [-0.1, -0.05) is 62.7 Å². The molecule has 0 aliphatic heterocycles. The van der Waals surface area contributed by atoms with Crippen molar-refractivity contribution in [3.05, 3.63) is 64.7 Å². The summed E-state index contributed by atoms with van der Waals surface area (Å²) in [5.74, 6) is 0.527. The van der Waals surface area contributed by atoms with E-state index in [4.69, 9.17) is 16.3 Å². The van der Waals surface area contributed by atoms with Gasteiger partial charge in [-0.3, -0.25) is 9.59 Å². The molecule has 2 rings (SSSR count). The lowest BCUT2D eigenvalue weighted by atomic mass is 10.1. The van der Waals surface area contributed by atoms with Crippen LogP contribution in [0.15, 0.2) is 48.5 Å². The first kappa shape index (κ1) is 23.7. The van der Waals surface area contributed by atoms with Crippen LogP contribution >= 0.6 is 11.6 Å². The zero-order chi connectivity index (χ0) is 22.1. The van der Waals surface area contributed by atoms with E-state index in [0.717, 1.165) is 11.1 Å². The molecule has 0 aliphatic rings. The topological polar surface area (TPSA) is 58.6 Å². The second-order valence-corrected chi connectivity index (χ2v) is 8.18. The molecule has 1 atom stereocenters. The molecule has 0 spiro atoms. The van der Waals surface area contributed by atoms with Crippen LogP contribution in [0.3, 0.4) is 0 Å². The maximum atomic E-state index is 13.1. The van der Waals surface area contributed by atoms with Gasteiger partial charge in [0.05, 0.1) is 0 Å². The maximum Gasteiger partial charge on any atom is 0.261 e. The van der Waals surface area contributed by atoms with E-state index in [1.165, 1.54) is 0 Å². The molecule has 6 heteroatoms. The first-order valence-electron chi connectivity index (χ1n) is 10.3. The lowest BCUT2D eigenvalue weighted by molar-refractivity contribution is -0.143. The van der Waals surface area contributed by atoms with Crippen LogP contribution in [-0.4, -0.2) is 35.9 Å². The number of hydrogen-bond donors (Lipinski definition) is 1. The Hall–Kier alpha value is -2.53. The number of benzene rings is 2. The first-order chi connectivity index (χ1) is 14.3. The number of carbonyl (C=O) groups is 2. The number of ether oxygens (including phenoxy) is 1. The van der Waals surface area contributed by atoms with Gasteiger partial charge in [0.15, 0.2) is 6.61 Å². The minimum atomic E-state index is -0.563. The van der Waals surface area contributed by atoms with E-state index in [1.54, 1.807) is 23.1 Å². The van der Waals surface area contributed by atoms with Crippen LogP contribution in [0.2, 0.25) is 5.02 Å². The molecule has 0 fully saturated rings. The van der Waals surface area contributed by atoms with Crippen LogP contribution in [0.25, 0.3) is 0 Å². The predicted octanol–water partition coefficient (Wildman–Crippen LogP) is 4.61. The van der Waals surface area contributed by atoms with Gasteiger partial charge in [-0.25, -0.2) is 0 Å². The normalized spacial score (nSPS) is 11.8. The molecule has 5 nitrogen and oxygen atoms in total. The molecule has 0 aromatic heterocycles. The average molecular weight is 431 g/mol. The average Bonchev–Trinajstić information content (AvgIpc) is 2.73. The molecule has 0 heterocycles. The minimum Gasteiger partial charge on any atom is -0.484 e. The summed E-state index contributed by atoms with van der Waals surface area (Å²) in [6, 6.07) is 14.4. The summed E-state index contributed by atoms with van der Waals surface area (Å²) in [5, 5.41) is 3.60. The van der Waals surface area contributed by atoms with Crippen molar-refractivity contribution in [2.45, 2.75) is 46.7 Å². The molecule has 0 bridgehead atoms. The van der Waals surface area contributed by atoms with Crippen molar-refractivity contribution < 1.29 is 14.3 Å². The molecule has 0 saturated heterocycles. The van der Waals surface area contributed by atoms with E-state index in [1.807, 2.05) is 58.0 Å². The molecule has 162 valence electrons. The van der Waals surface area contributed by atoms with E-state index in [9.17, 15) is 9.59 Å². The quantitative estimate of drug-likeness (QED) is 0.598. The van der Waals surface area contributed by atoms with Gasteiger partial charge < -0.3 is 15.0 Å². The highest BCUT2D eigenvalue weighted by atomic mass is 35.5. The molecule has 2 aromatic rings. The number of hydrogen-bond acceptors (Lipinski definition) is 3. The number of aryl methyl sites for hydroxylation is 1. The monoisotopic (exact) mass is 430 g/mol. The van der Waals surface area contributed by atoms with Crippen LogP contribution in [0.5, 0.6) is 5.75 Å². The van der Waals surface area contributed by atoms with Gasteiger partial charge in [0, 0.05) is 18.1 Å². The second kappa shape index (κ2) is 11.6. The lowest BCUT2D eigenvalue weighted by Crippen LogP contribution is -2.50. The third-order valence-corrected chi connectivity index (χ3v) is 5.18. The third kappa shape index (κ3) is 7.06. The number of nitrogens with one attached hydrogen (secondary N) is 1. The van der Waals surface area contributed by atoms with Gasteiger partial charge in [0.25, 0.3) is 5.91 Å². The zero-order valence-corrected chi connectivity index (χ0v) is 18.9. The largest absolute Gasteiger partial charge is 0.484 e. The van der Waals surface area contributed by atoms with Crippen molar-refractivity contribution in [1.82, 2.24) is 10.2 Å². The minimum absolute atomic E-state index is 0.141. The number of carbonyl (C=O) groups excluding carboxylic acids is 2. The van der Waals surface area contributed by atoms with Crippen LogP contribution in [-0.2, 0) is 16.1 Å². The molecule has 1 N–H and O–H groups in total. The summed E-state index contributed by atoms with van der Waals surface area (Å²) >= 11 is 6.06. The van der Waals surface area contributed by atoms with Gasteiger partial charge in [-0.05, 0) is 48.6 Å². The standard InChI is InChI=1S/C24H31ClN2O3/c1-5-22(24(29)26-14-17(2)3)27(15-19-9-7-6-8-10-19)23(28)16-30-20-11-12-21(25)18(4)13-20/h6-13,17,22H,5,14-16H2,1-4H3,(H,26,29). The zero-order valence-electron chi connectivity index (χ0n) is 18.2. The molecule has 2 aromatic carbocycles. The number of amides is 2. The van der Waals surface area contributed by atoms with E-state index in [-0.39, 0.29) is 18.4 Å². The SMILES string of the molecule is CCC(C(=O)NCC(C)C)N(Cc1ccccc1)C(=O)COc1ccc(Cl)c(C)c1. The summed E-state index contributed by atoms with van der Waals surface area (Å²) in [5.41, 5.74) is 1.84. The van der Waals surface area contributed by atoms with E-state index in [2.05, 4.69) is 5.32 Å². The van der Waals surface area contributed by atoms with Gasteiger partial charge in [0.1, 0.15) is 11.8 Å². The highest BCUT2D eigenvalue weighted by Gasteiger charge is 2.29. The number of nitrogens with zero attached hydrogens (tertiary/aromatic N) is 1. The van der Waals surface area contributed by atoms with Crippen molar-refractivity contribution in [2.24, 2.45) is 5.92 Å². The highest BCUT2D eigenvalue weighted by Crippen LogP contribution is 2.21. The summed E-state index contributed by atoms with van der Waals surface area (Å²) in [6.07, 6.45) is 0.516. The van der Waals surface area contributed by atoms with Crippen molar-refractivity contribution in [3.8, 4) is 5.75 Å². The Balaban J connectivity index is 2.16. The summed E-state index contributed by atoms with van der Waals surface area (Å²) in [4.78, 5) is 27.5. The second-order valence-electron chi connectivity index (χ2n) is 7.77. The Morgan fingerprint density at radius 3 is 2.43 bits per heavy atom. The van der Waals surface area contributed by atoms with Gasteiger partial charge in [0.2, 0.25) is 5.91 Å². The Bertz CT molecular complexity index is 840. The van der Waals surface area contributed by atoms with Gasteiger partial charge in [-0.15, -0.1) is 0 Å². The molecule has 1 unspecified atom stereocenters. The number of halogens is 1. The van der Waals surface area contributed by atoms with Crippen molar-refractivity contribution in [1.29, 1.82) is 0 Å². The van der Waals surface area contributed by atoms with Crippen LogP contribution < -0.4 is 10.1 Å². The molecular weight excluding hydrogens is 400 g/mol. The smallest absolute Gasteiger partial charge is 0.261 e. The lowest BCUT2D eigenvalue weighted by Gasteiger charge is -2.30. The van der Waals surface area contributed by atoms with Crippen LogP contribution in [0, 0.1) is 12.8 Å². The first-order valence-corrected chi connectivity index (χ1v) is 10.7. The molecule has 30 heavy (non-hydrogen) atoms. The highest BCUT2D eigenvalue weighted by molar-refractivity contribution is 6.31. The summed E-state index contributed by atoms with van der Waals surface area (Å²) in [7, 11) is 0. The Kier molecular flexibility index (Phi) is 9.18. The third-order valence-electron chi connectivity index (χ3n) is 4.76. The molecule has 0 aliphatic carbocycles. The molecule has 0 radical (unpaired) electrons. The van der Waals surface area contributed by atoms with Gasteiger partial charge >= 0.3 is 0 Å². The van der Waals surface area contributed by atoms with Crippen LogP contribution in [0.1, 0.15) is 38.3 Å². The fraction of sp³-hybridized carbons (Fsp3) is 0.417. The molecule has 0 saturated carbocycles. The fourth-order valence-corrected chi connectivity index (χ4v) is 3.17. The Labute approximate surface area is 184 Å². The van der Waals surface area contributed by atoms with E-state index < -0.39 is 6.04 Å². The summed E-state index contributed by atoms with van der Waals surface area (Å²) in [6.45, 7) is 8.63. The summed E-state index contributed by atoms with van der Waals surface area (Å²) < 4.78 is 5.71.